The first-order valence-electron chi connectivity index (χ1n) is 13.6. The van der Waals surface area contributed by atoms with Crippen molar-refractivity contribution in [2.24, 2.45) is 13.0 Å². The number of nitrogens with one attached hydrogen (secondary N) is 1. The van der Waals surface area contributed by atoms with E-state index in [4.69, 9.17) is 4.74 Å². The van der Waals surface area contributed by atoms with Crippen LogP contribution in [0.2, 0.25) is 0 Å². The molecule has 37 heavy (non-hydrogen) atoms. The van der Waals surface area contributed by atoms with Gasteiger partial charge >= 0.3 is 6.09 Å². The molecule has 8 heteroatoms. The van der Waals surface area contributed by atoms with E-state index >= 15 is 0 Å². The Morgan fingerprint density at radius 3 is 2.30 bits per heavy atom. The van der Waals surface area contributed by atoms with Gasteiger partial charge in [0.05, 0.1) is 17.5 Å². The first-order chi connectivity index (χ1) is 17.6. The summed E-state index contributed by atoms with van der Waals surface area (Å²) in [5.41, 5.74) is 3.78. The van der Waals surface area contributed by atoms with Gasteiger partial charge in [-0.25, -0.2) is 4.79 Å². The third-order valence-electron chi connectivity index (χ3n) is 7.55. The quantitative estimate of drug-likeness (QED) is 0.621. The van der Waals surface area contributed by atoms with Crippen molar-refractivity contribution in [2.75, 3.05) is 32.7 Å². The van der Waals surface area contributed by atoms with E-state index in [1.165, 1.54) is 11.1 Å². The molecule has 0 unspecified atom stereocenters. The number of likely N-dealkylation sites (tertiary alicyclic amines) is 2. The van der Waals surface area contributed by atoms with Gasteiger partial charge in [-0.3, -0.25) is 14.4 Å². The van der Waals surface area contributed by atoms with E-state index in [-0.39, 0.29) is 17.9 Å². The molecule has 2 aliphatic rings. The monoisotopic (exact) mass is 509 g/mol. The number of hydrogen-bond donors (Lipinski definition) is 1. The first-order valence-corrected chi connectivity index (χ1v) is 13.6. The molecule has 1 aromatic carbocycles. The minimum Gasteiger partial charge on any atom is -0.444 e. The van der Waals surface area contributed by atoms with Gasteiger partial charge in [0.25, 0.3) is 5.91 Å². The van der Waals surface area contributed by atoms with Crippen molar-refractivity contribution >= 4 is 12.0 Å². The molecule has 8 nitrogen and oxygen atoms in total. The van der Waals surface area contributed by atoms with Gasteiger partial charge in [0.15, 0.2) is 0 Å². The maximum atomic E-state index is 13.2. The second-order valence-electron chi connectivity index (χ2n) is 11.7. The minimum absolute atomic E-state index is 0.0419. The van der Waals surface area contributed by atoms with Gasteiger partial charge in [-0.1, -0.05) is 29.8 Å². The van der Waals surface area contributed by atoms with Crippen LogP contribution in [0.5, 0.6) is 0 Å². The van der Waals surface area contributed by atoms with Crippen LogP contribution in [0.3, 0.4) is 0 Å². The Kier molecular flexibility index (Phi) is 8.57. The SMILES string of the molecule is Cc1ccc(CN2CCC(CNC(=O)c3cnn(C)c3C3CCN(C(=O)OC(C)(C)C)CC3)CC2)cc1. The summed E-state index contributed by atoms with van der Waals surface area (Å²) in [7, 11) is 1.90. The predicted octanol–water partition coefficient (Wildman–Crippen LogP) is 4.49. The van der Waals surface area contributed by atoms with Crippen LogP contribution in [-0.4, -0.2) is 69.9 Å². The Hall–Kier alpha value is -2.87. The van der Waals surface area contributed by atoms with E-state index in [1.54, 1.807) is 11.1 Å². The lowest BCUT2D eigenvalue weighted by atomic mass is 9.91. The van der Waals surface area contributed by atoms with Crippen molar-refractivity contribution in [2.45, 2.75) is 71.4 Å². The molecule has 2 aliphatic heterocycles. The number of rotatable bonds is 6. The first kappa shape index (κ1) is 27.2. The molecule has 0 atom stereocenters. The number of benzene rings is 1. The van der Waals surface area contributed by atoms with Crippen LogP contribution in [-0.2, 0) is 18.3 Å². The van der Waals surface area contributed by atoms with Crippen molar-refractivity contribution < 1.29 is 14.3 Å². The van der Waals surface area contributed by atoms with Crippen molar-refractivity contribution in [1.29, 1.82) is 0 Å². The third kappa shape index (κ3) is 7.34. The predicted molar refractivity (Wildman–Crippen MR) is 145 cm³/mol. The lowest BCUT2D eigenvalue weighted by Crippen LogP contribution is -2.42. The number of amides is 2. The fourth-order valence-corrected chi connectivity index (χ4v) is 5.40. The smallest absolute Gasteiger partial charge is 0.410 e. The Labute approximate surface area is 221 Å². The minimum atomic E-state index is -0.501. The lowest BCUT2D eigenvalue weighted by Gasteiger charge is -2.34. The fraction of sp³-hybridized carbons (Fsp3) is 0.621. The Morgan fingerprint density at radius 2 is 1.68 bits per heavy atom. The van der Waals surface area contributed by atoms with Gasteiger partial charge < -0.3 is 15.0 Å². The van der Waals surface area contributed by atoms with E-state index < -0.39 is 5.60 Å². The topological polar surface area (TPSA) is 79.7 Å². The summed E-state index contributed by atoms with van der Waals surface area (Å²) < 4.78 is 7.35. The summed E-state index contributed by atoms with van der Waals surface area (Å²) in [6.45, 7) is 12.8. The van der Waals surface area contributed by atoms with Crippen LogP contribution in [0, 0.1) is 12.8 Å². The second-order valence-corrected chi connectivity index (χ2v) is 11.7. The average molecular weight is 510 g/mol. The molecule has 2 fully saturated rings. The molecule has 0 radical (unpaired) electrons. The Morgan fingerprint density at radius 1 is 1.03 bits per heavy atom. The lowest BCUT2D eigenvalue weighted by molar-refractivity contribution is 0.0203. The molecule has 1 aromatic heterocycles. The molecule has 1 N–H and O–H groups in total. The summed E-state index contributed by atoms with van der Waals surface area (Å²) >= 11 is 0. The second kappa shape index (κ2) is 11.7. The highest BCUT2D eigenvalue weighted by atomic mass is 16.6. The molecule has 0 saturated carbocycles. The molecule has 0 spiro atoms. The maximum absolute atomic E-state index is 13.2. The molecule has 2 aromatic rings. The van der Waals surface area contributed by atoms with Crippen LogP contribution in [0.25, 0.3) is 0 Å². The summed E-state index contributed by atoms with van der Waals surface area (Å²) in [5, 5.41) is 7.60. The molecule has 3 heterocycles. The van der Waals surface area contributed by atoms with Gasteiger partial charge in [-0.15, -0.1) is 0 Å². The average Bonchev–Trinajstić information content (AvgIpc) is 3.25. The van der Waals surface area contributed by atoms with Crippen LogP contribution < -0.4 is 5.32 Å². The van der Waals surface area contributed by atoms with Gasteiger partial charge in [-0.05, 0) is 77.9 Å². The number of nitrogens with zero attached hydrogens (tertiary/aromatic N) is 4. The number of ether oxygens (including phenoxy) is 1. The van der Waals surface area contributed by atoms with E-state index in [0.717, 1.165) is 51.0 Å². The normalized spacial score (nSPS) is 18.1. The van der Waals surface area contributed by atoms with E-state index in [0.29, 0.717) is 31.1 Å². The van der Waals surface area contributed by atoms with Gasteiger partial charge in [0.1, 0.15) is 5.60 Å². The Balaban J connectivity index is 1.25. The highest BCUT2D eigenvalue weighted by Gasteiger charge is 2.31. The van der Waals surface area contributed by atoms with Gasteiger partial charge in [-0.2, -0.15) is 5.10 Å². The zero-order valence-electron chi connectivity index (χ0n) is 23.1. The van der Waals surface area contributed by atoms with E-state index in [9.17, 15) is 9.59 Å². The largest absolute Gasteiger partial charge is 0.444 e. The van der Waals surface area contributed by atoms with Gasteiger partial charge in [0, 0.05) is 39.1 Å². The molecule has 2 saturated heterocycles. The van der Waals surface area contributed by atoms with Gasteiger partial charge in [0.2, 0.25) is 0 Å². The number of aryl methyl sites for hydroxylation is 2. The van der Waals surface area contributed by atoms with Crippen LogP contribution in [0.15, 0.2) is 30.5 Å². The molecular weight excluding hydrogens is 466 g/mol. The number of aromatic nitrogens is 2. The zero-order chi connectivity index (χ0) is 26.6. The van der Waals surface area contributed by atoms with Crippen LogP contribution in [0.1, 0.15) is 79.6 Å². The molecule has 2 amide bonds. The van der Waals surface area contributed by atoms with Crippen LogP contribution >= 0.6 is 0 Å². The summed E-state index contributed by atoms with van der Waals surface area (Å²) in [5.74, 6) is 0.645. The van der Waals surface area contributed by atoms with E-state index in [2.05, 4.69) is 46.5 Å². The molecule has 4 rings (SSSR count). The fourth-order valence-electron chi connectivity index (χ4n) is 5.40. The van der Waals surface area contributed by atoms with Crippen molar-refractivity contribution in [3.05, 3.63) is 52.8 Å². The summed E-state index contributed by atoms with van der Waals surface area (Å²) in [6.07, 6.45) is 5.19. The third-order valence-corrected chi connectivity index (χ3v) is 7.55. The number of carbonyl (C=O) groups excluding carboxylic acids is 2. The van der Waals surface area contributed by atoms with Crippen LogP contribution in [0.4, 0.5) is 4.79 Å². The van der Waals surface area contributed by atoms with E-state index in [1.807, 2.05) is 32.5 Å². The number of hydrogen-bond acceptors (Lipinski definition) is 5. The maximum Gasteiger partial charge on any atom is 0.410 e. The Bertz CT molecular complexity index is 1060. The molecule has 202 valence electrons. The summed E-state index contributed by atoms with van der Waals surface area (Å²) in [6, 6.07) is 8.78. The molecular formula is C29H43N5O3. The number of carbonyl (C=O) groups is 2. The molecule has 0 aliphatic carbocycles. The highest BCUT2D eigenvalue weighted by Crippen LogP contribution is 2.31. The number of piperidine rings is 2. The summed E-state index contributed by atoms with van der Waals surface area (Å²) in [4.78, 5) is 29.9. The zero-order valence-corrected chi connectivity index (χ0v) is 23.1. The van der Waals surface area contributed by atoms with Crippen molar-refractivity contribution in [3.63, 3.8) is 0 Å². The standard InChI is InChI=1S/C29H43N5O3/c1-21-6-8-23(9-7-21)20-33-14-10-22(11-15-33)18-30-27(35)25-19-31-32(5)26(25)24-12-16-34(17-13-24)28(36)37-29(2,3)4/h6-9,19,22,24H,10-18,20H2,1-5H3,(H,30,35). The highest BCUT2D eigenvalue weighted by molar-refractivity contribution is 5.95. The van der Waals surface area contributed by atoms with Crippen molar-refractivity contribution in [1.82, 2.24) is 24.9 Å². The molecule has 0 bridgehead atoms. The van der Waals surface area contributed by atoms with Crippen molar-refractivity contribution in [3.8, 4) is 0 Å².